The van der Waals surface area contributed by atoms with E-state index in [0.29, 0.717) is 12.3 Å². The molecule has 2 aromatic rings. The molecule has 1 aromatic carbocycles. The molecule has 0 amide bonds. The molecule has 0 saturated heterocycles. The fraction of sp³-hybridized carbons (Fsp3) is 0.588. The Morgan fingerprint density at radius 1 is 1.20 bits per heavy atom. The van der Waals surface area contributed by atoms with Gasteiger partial charge in [-0.1, -0.05) is 43.9 Å². The molecule has 3 rings (SSSR count). The van der Waals surface area contributed by atoms with Crippen LogP contribution in [0.3, 0.4) is 0 Å². The number of hydrogen-bond donors (Lipinski definition) is 1. The number of fused-ring (bicyclic) bond motifs is 1. The van der Waals surface area contributed by atoms with Crippen LogP contribution in [0.1, 0.15) is 44.2 Å². The van der Waals surface area contributed by atoms with Crippen molar-refractivity contribution in [2.45, 2.75) is 51.0 Å². The number of para-hydroxylation sites is 1. The van der Waals surface area contributed by atoms with Crippen LogP contribution in [-0.4, -0.2) is 21.0 Å². The van der Waals surface area contributed by atoms with Crippen molar-refractivity contribution < 1.29 is 5.11 Å². The number of aromatic nitrogens is 2. The van der Waals surface area contributed by atoms with Crippen LogP contribution in [-0.2, 0) is 13.5 Å². The summed E-state index contributed by atoms with van der Waals surface area (Å²) in [5.74, 6) is 0.457. The molecule has 1 N–H and O–H groups in total. The average molecular weight is 272 g/mol. The Hall–Kier alpha value is -1.35. The van der Waals surface area contributed by atoms with Gasteiger partial charge in [0.1, 0.15) is 0 Å². The van der Waals surface area contributed by atoms with E-state index < -0.39 is 0 Å². The summed E-state index contributed by atoms with van der Waals surface area (Å²) in [6.45, 7) is 0. The molecule has 1 saturated carbocycles. The van der Waals surface area contributed by atoms with E-state index in [1.165, 1.54) is 43.9 Å². The molecule has 1 aliphatic carbocycles. The number of rotatable bonds is 3. The van der Waals surface area contributed by atoms with Crippen LogP contribution < -0.4 is 0 Å². The molecule has 0 spiro atoms. The van der Waals surface area contributed by atoms with E-state index in [1.807, 2.05) is 23.9 Å². The summed E-state index contributed by atoms with van der Waals surface area (Å²) in [5, 5.41) is 16.4. The van der Waals surface area contributed by atoms with Gasteiger partial charge in [-0.2, -0.15) is 5.10 Å². The van der Waals surface area contributed by atoms with Gasteiger partial charge in [0.05, 0.1) is 17.3 Å². The summed E-state index contributed by atoms with van der Waals surface area (Å²) in [6.07, 6.45) is 7.98. The van der Waals surface area contributed by atoms with Crippen molar-refractivity contribution in [2.24, 2.45) is 13.0 Å². The highest BCUT2D eigenvalue weighted by Crippen LogP contribution is 2.28. The number of hydrogen-bond acceptors (Lipinski definition) is 2. The fourth-order valence-electron chi connectivity index (χ4n) is 3.50. The number of aryl methyl sites for hydroxylation is 1. The molecule has 1 unspecified atom stereocenters. The molecule has 1 aromatic heterocycles. The highest BCUT2D eigenvalue weighted by Gasteiger charge is 2.22. The summed E-state index contributed by atoms with van der Waals surface area (Å²) in [6, 6.07) is 8.28. The second kappa shape index (κ2) is 5.96. The van der Waals surface area contributed by atoms with Crippen molar-refractivity contribution in [2.75, 3.05) is 0 Å². The zero-order chi connectivity index (χ0) is 13.9. The van der Waals surface area contributed by atoms with E-state index in [0.717, 1.165) is 11.2 Å². The fourth-order valence-corrected chi connectivity index (χ4v) is 3.50. The SMILES string of the molecule is Cn1nc(CC(O)C2CCCCCC2)c2ccccc21. The second-order valence-electron chi connectivity index (χ2n) is 6.11. The molecule has 3 heteroatoms. The first-order valence-corrected chi connectivity index (χ1v) is 7.84. The Kier molecular flexibility index (Phi) is 4.06. The number of nitrogens with zero attached hydrogens (tertiary/aromatic N) is 2. The van der Waals surface area contributed by atoms with Crippen LogP contribution >= 0.6 is 0 Å². The first-order chi connectivity index (χ1) is 9.75. The third-order valence-corrected chi connectivity index (χ3v) is 4.68. The first-order valence-electron chi connectivity index (χ1n) is 7.84. The molecule has 0 bridgehead atoms. The molecule has 0 aliphatic heterocycles. The van der Waals surface area contributed by atoms with E-state index in [2.05, 4.69) is 17.2 Å². The first kappa shape index (κ1) is 13.6. The number of aliphatic hydroxyl groups excluding tert-OH is 1. The maximum absolute atomic E-state index is 10.6. The molecule has 1 aliphatic rings. The highest BCUT2D eigenvalue weighted by molar-refractivity contribution is 5.81. The van der Waals surface area contributed by atoms with Gasteiger partial charge in [0.2, 0.25) is 0 Å². The van der Waals surface area contributed by atoms with Gasteiger partial charge in [0.15, 0.2) is 0 Å². The number of benzene rings is 1. The van der Waals surface area contributed by atoms with Crippen LogP contribution in [0.2, 0.25) is 0 Å². The Morgan fingerprint density at radius 3 is 2.65 bits per heavy atom. The Labute approximate surface area is 120 Å². The molecule has 108 valence electrons. The molecule has 20 heavy (non-hydrogen) atoms. The van der Waals surface area contributed by atoms with Crippen molar-refractivity contribution in [3.8, 4) is 0 Å². The van der Waals surface area contributed by atoms with Gasteiger partial charge in [-0.25, -0.2) is 0 Å². The van der Waals surface area contributed by atoms with Gasteiger partial charge in [-0.15, -0.1) is 0 Å². The average Bonchev–Trinajstić information content (AvgIpc) is 2.67. The van der Waals surface area contributed by atoms with Crippen molar-refractivity contribution in [1.29, 1.82) is 0 Å². The standard InChI is InChI=1S/C17H24N2O/c1-19-16-11-7-6-10-14(16)15(18-19)12-17(20)13-8-4-2-3-5-9-13/h6-7,10-11,13,17,20H,2-5,8-9,12H2,1H3. The second-order valence-corrected chi connectivity index (χ2v) is 6.11. The summed E-state index contributed by atoms with van der Waals surface area (Å²) in [4.78, 5) is 0. The van der Waals surface area contributed by atoms with E-state index in [9.17, 15) is 5.11 Å². The van der Waals surface area contributed by atoms with Gasteiger partial charge in [0.25, 0.3) is 0 Å². The van der Waals surface area contributed by atoms with E-state index >= 15 is 0 Å². The molecule has 3 nitrogen and oxygen atoms in total. The van der Waals surface area contributed by atoms with Gasteiger partial charge in [-0.05, 0) is 24.8 Å². The zero-order valence-electron chi connectivity index (χ0n) is 12.3. The largest absolute Gasteiger partial charge is 0.392 e. The van der Waals surface area contributed by atoms with Crippen LogP contribution in [0.15, 0.2) is 24.3 Å². The minimum Gasteiger partial charge on any atom is -0.392 e. The molecular formula is C17H24N2O. The van der Waals surface area contributed by atoms with Crippen molar-refractivity contribution in [3.05, 3.63) is 30.0 Å². The zero-order valence-corrected chi connectivity index (χ0v) is 12.3. The molecule has 1 heterocycles. The Morgan fingerprint density at radius 2 is 1.90 bits per heavy atom. The number of aliphatic hydroxyl groups is 1. The lowest BCUT2D eigenvalue weighted by molar-refractivity contribution is 0.0978. The Balaban J connectivity index is 1.78. The Bertz CT molecular complexity index is 567. The molecule has 0 radical (unpaired) electrons. The lowest BCUT2D eigenvalue weighted by atomic mass is 9.91. The topological polar surface area (TPSA) is 38.0 Å². The van der Waals surface area contributed by atoms with Crippen molar-refractivity contribution in [3.63, 3.8) is 0 Å². The van der Waals surface area contributed by atoms with Crippen LogP contribution in [0.5, 0.6) is 0 Å². The smallest absolute Gasteiger partial charge is 0.0729 e. The summed E-state index contributed by atoms with van der Waals surface area (Å²) in [7, 11) is 1.98. The summed E-state index contributed by atoms with van der Waals surface area (Å²) in [5.41, 5.74) is 2.19. The van der Waals surface area contributed by atoms with Gasteiger partial charge in [-0.3, -0.25) is 4.68 Å². The molecular weight excluding hydrogens is 248 g/mol. The van der Waals surface area contributed by atoms with E-state index in [4.69, 9.17) is 0 Å². The van der Waals surface area contributed by atoms with Gasteiger partial charge < -0.3 is 5.11 Å². The van der Waals surface area contributed by atoms with Crippen LogP contribution in [0.25, 0.3) is 10.9 Å². The van der Waals surface area contributed by atoms with E-state index in [1.54, 1.807) is 0 Å². The quantitative estimate of drug-likeness (QED) is 0.869. The lowest BCUT2D eigenvalue weighted by Gasteiger charge is -2.20. The van der Waals surface area contributed by atoms with E-state index in [-0.39, 0.29) is 6.10 Å². The van der Waals surface area contributed by atoms with Gasteiger partial charge in [0, 0.05) is 18.9 Å². The monoisotopic (exact) mass is 272 g/mol. The minimum absolute atomic E-state index is 0.244. The predicted molar refractivity (Wildman–Crippen MR) is 81.6 cm³/mol. The maximum atomic E-state index is 10.6. The third-order valence-electron chi connectivity index (χ3n) is 4.68. The molecule has 1 fully saturated rings. The highest BCUT2D eigenvalue weighted by atomic mass is 16.3. The minimum atomic E-state index is -0.244. The normalized spacial score (nSPS) is 19.1. The van der Waals surface area contributed by atoms with Crippen LogP contribution in [0, 0.1) is 5.92 Å². The van der Waals surface area contributed by atoms with Crippen LogP contribution in [0.4, 0.5) is 0 Å². The van der Waals surface area contributed by atoms with Gasteiger partial charge >= 0.3 is 0 Å². The summed E-state index contributed by atoms with van der Waals surface area (Å²) < 4.78 is 1.92. The lowest BCUT2D eigenvalue weighted by Crippen LogP contribution is -2.22. The van der Waals surface area contributed by atoms with Crippen molar-refractivity contribution in [1.82, 2.24) is 9.78 Å². The predicted octanol–water partition coefficient (Wildman–Crippen LogP) is 3.45. The molecule has 1 atom stereocenters. The summed E-state index contributed by atoms with van der Waals surface area (Å²) >= 11 is 0. The third kappa shape index (κ3) is 2.73. The van der Waals surface area contributed by atoms with Crippen molar-refractivity contribution >= 4 is 10.9 Å². The maximum Gasteiger partial charge on any atom is 0.0729 e.